The summed E-state index contributed by atoms with van der Waals surface area (Å²) in [5.74, 6) is 2.44. The van der Waals surface area contributed by atoms with Crippen LogP contribution >= 0.6 is 0 Å². The van der Waals surface area contributed by atoms with Gasteiger partial charge in [0, 0.05) is 13.2 Å². The van der Waals surface area contributed by atoms with Gasteiger partial charge in [-0.15, -0.1) is 0 Å². The molecule has 3 rings (SSSR count). The Kier molecular flexibility index (Phi) is 2.71. The lowest BCUT2D eigenvalue weighted by Crippen LogP contribution is -2.23. The van der Waals surface area contributed by atoms with Gasteiger partial charge in [-0.1, -0.05) is 0 Å². The minimum absolute atomic E-state index is 0.615. The van der Waals surface area contributed by atoms with Gasteiger partial charge in [-0.25, -0.2) is 0 Å². The Hall–Kier alpha value is -0.120. The van der Waals surface area contributed by atoms with Gasteiger partial charge in [0.2, 0.25) is 0 Å². The number of fused-ring (bicyclic) bond motifs is 5. The summed E-state index contributed by atoms with van der Waals surface area (Å²) < 4.78 is 16.5. The summed E-state index contributed by atoms with van der Waals surface area (Å²) in [5, 5.41) is 0. The van der Waals surface area contributed by atoms with Crippen LogP contribution in [0.3, 0.4) is 0 Å². The lowest BCUT2D eigenvalue weighted by molar-refractivity contribution is 0.0284. The van der Waals surface area contributed by atoms with Gasteiger partial charge in [0.15, 0.2) is 0 Å². The minimum Gasteiger partial charge on any atom is -0.379 e. The molecule has 15 heavy (non-hydrogen) atoms. The standard InChI is InChI=1S/C12H20O3/c1-2-13-3-4-14-7-9-5-8-6-10(9)12-11(8)15-12/h8-12H,2-7H2,1H3. The van der Waals surface area contributed by atoms with Crippen molar-refractivity contribution in [3.8, 4) is 0 Å². The molecule has 5 atom stereocenters. The molecule has 0 radical (unpaired) electrons. The predicted molar refractivity (Wildman–Crippen MR) is 55.7 cm³/mol. The van der Waals surface area contributed by atoms with Crippen LogP contribution in [0.2, 0.25) is 0 Å². The first-order valence-corrected chi connectivity index (χ1v) is 6.21. The summed E-state index contributed by atoms with van der Waals surface area (Å²) in [6, 6.07) is 0. The molecule has 1 heterocycles. The zero-order chi connectivity index (χ0) is 10.3. The summed E-state index contributed by atoms with van der Waals surface area (Å²) in [6.07, 6.45) is 3.99. The molecule has 5 unspecified atom stereocenters. The molecule has 1 saturated heterocycles. The first-order valence-electron chi connectivity index (χ1n) is 6.21. The zero-order valence-corrected chi connectivity index (χ0v) is 9.35. The maximum atomic E-state index is 5.66. The smallest absolute Gasteiger partial charge is 0.0876 e. The second-order valence-electron chi connectivity index (χ2n) is 4.99. The first kappa shape index (κ1) is 10.1. The van der Waals surface area contributed by atoms with E-state index in [1.807, 2.05) is 6.92 Å². The highest BCUT2D eigenvalue weighted by atomic mass is 16.6. The lowest BCUT2D eigenvalue weighted by atomic mass is 9.89. The predicted octanol–water partition coefficient (Wildman–Crippen LogP) is 1.46. The van der Waals surface area contributed by atoms with E-state index in [1.54, 1.807) is 0 Å². The Bertz CT molecular complexity index is 231. The van der Waals surface area contributed by atoms with Crippen molar-refractivity contribution in [1.82, 2.24) is 0 Å². The van der Waals surface area contributed by atoms with Crippen LogP contribution in [0.4, 0.5) is 0 Å². The van der Waals surface area contributed by atoms with Crippen molar-refractivity contribution >= 4 is 0 Å². The van der Waals surface area contributed by atoms with Crippen LogP contribution in [0.15, 0.2) is 0 Å². The number of epoxide rings is 1. The maximum Gasteiger partial charge on any atom is 0.0876 e. The molecular weight excluding hydrogens is 192 g/mol. The molecule has 2 saturated carbocycles. The quantitative estimate of drug-likeness (QED) is 0.493. The van der Waals surface area contributed by atoms with Crippen LogP contribution < -0.4 is 0 Å². The third-order valence-electron chi connectivity index (χ3n) is 4.14. The molecule has 1 aliphatic heterocycles. The highest BCUT2D eigenvalue weighted by molar-refractivity contribution is 5.10. The molecule has 3 heteroatoms. The van der Waals surface area contributed by atoms with Crippen LogP contribution in [0, 0.1) is 17.8 Å². The minimum atomic E-state index is 0.615. The average Bonchev–Trinajstić information content (AvgIpc) is 2.86. The van der Waals surface area contributed by atoms with Gasteiger partial charge in [-0.3, -0.25) is 0 Å². The van der Waals surface area contributed by atoms with Gasteiger partial charge < -0.3 is 14.2 Å². The Morgan fingerprint density at radius 1 is 1.13 bits per heavy atom. The fourth-order valence-electron chi connectivity index (χ4n) is 3.42. The molecule has 0 N–H and O–H groups in total. The molecule has 0 amide bonds. The van der Waals surface area contributed by atoms with E-state index in [0.29, 0.717) is 12.2 Å². The fourth-order valence-corrected chi connectivity index (χ4v) is 3.42. The Labute approximate surface area is 91.1 Å². The fraction of sp³-hybridized carbons (Fsp3) is 1.00. The third kappa shape index (κ3) is 1.81. The van der Waals surface area contributed by atoms with Crippen molar-refractivity contribution in [2.24, 2.45) is 17.8 Å². The van der Waals surface area contributed by atoms with Gasteiger partial charge in [-0.05, 0) is 37.5 Å². The van der Waals surface area contributed by atoms with E-state index < -0.39 is 0 Å². The summed E-state index contributed by atoms with van der Waals surface area (Å²) in [5.41, 5.74) is 0. The van der Waals surface area contributed by atoms with Gasteiger partial charge in [-0.2, -0.15) is 0 Å². The van der Waals surface area contributed by atoms with Crippen molar-refractivity contribution in [1.29, 1.82) is 0 Å². The van der Waals surface area contributed by atoms with E-state index in [2.05, 4.69) is 0 Å². The molecule has 2 aliphatic carbocycles. The molecule has 86 valence electrons. The van der Waals surface area contributed by atoms with Crippen molar-refractivity contribution < 1.29 is 14.2 Å². The van der Waals surface area contributed by atoms with Gasteiger partial charge in [0.05, 0.1) is 25.4 Å². The third-order valence-corrected chi connectivity index (χ3v) is 4.14. The highest BCUT2D eigenvalue weighted by Crippen LogP contribution is 2.58. The van der Waals surface area contributed by atoms with Crippen LogP contribution in [-0.4, -0.2) is 38.6 Å². The second kappa shape index (κ2) is 4.04. The topological polar surface area (TPSA) is 31.0 Å². The van der Waals surface area contributed by atoms with Crippen LogP contribution in [0.5, 0.6) is 0 Å². The maximum absolute atomic E-state index is 5.66. The molecule has 0 aromatic carbocycles. The highest BCUT2D eigenvalue weighted by Gasteiger charge is 2.62. The number of hydrogen-bond donors (Lipinski definition) is 0. The SMILES string of the molecule is CCOCCOCC1CC2CC1C1OC21. The van der Waals surface area contributed by atoms with E-state index in [4.69, 9.17) is 14.2 Å². The normalized spacial score (nSPS) is 45.8. The monoisotopic (exact) mass is 212 g/mol. The summed E-state index contributed by atoms with van der Waals surface area (Å²) in [4.78, 5) is 0. The van der Waals surface area contributed by atoms with E-state index in [0.717, 1.165) is 44.2 Å². The summed E-state index contributed by atoms with van der Waals surface area (Å²) in [6.45, 7) is 5.20. The van der Waals surface area contributed by atoms with Crippen molar-refractivity contribution in [2.75, 3.05) is 26.4 Å². The zero-order valence-electron chi connectivity index (χ0n) is 9.35. The second-order valence-corrected chi connectivity index (χ2v) is 4.99. The largest absolute Gasteiger partial charge is 0.379 e. The number of ether oxygens (including phenoxy) is 3. The molecule has 2 bridgehead atoms. The van der Waals surface area contributed by atoms with Crippen LogP contribution in [0.1, 0.15) is 19.8 Å². The van der Waals surface area contributed by atoms with Crippen LogP contribution in [-0.2, 0) is 14.2 Å². The molecule has 0 aromatic rings. The summed E-state index contributed by atoms with van der Waals surface area (Å²) in [7, 11) is 0. The van der Waals surface area contributed by atoms with E-state index >= 15 is 0 Å². The van der Waals surface area contributed by atoms with Crippen molar-refractivity contribution in [2.45, 2.75) is 32.0 Å². The number of rotatable bonds is 6. The molecule has 0 aromatic heterocycles. The van der Waals surface area contributed by atoms with Crippen molar-refractivity contribution in [3.63, 3.8) is 0 Å². The molecule has 0 spiro atoms. The number of hydrogen-bond acceptors (Lipinski definition) is 3. The van der Waals surface area contributed by atoms with Crippen LogP contribution in [0.25, 0.3) is 0 Å². The average molecular weight is 212 g/mol. The molecular formula is C12H20O3. The van der Waals surface area contributed by atoms with Crippen molar-refractivity contribution in [3.05, 3.63) is 0 Å². The summed E-state index contributed by atoms with van der Waals surface area (Å²) >= 11 is 0. The van der Waals surface area contributed by atoms with Gasteiger partial charge in [0.25, 0.3) is 0 Å². The van der Waals surface area contributed by atoms with E-state index in [9.17, 15) is 0 Å². The Morgan fingerprint density at radius 3 is 2.73 bits per heavy atom. The molecule has 3 aliphatic rings. The van der Waals surface area contributed by atoms with E-state index in [-0.39, 0.29) is 0 Å². The van der Waals surface area contributed by atoms with Gasteiger partial charge >= 0.3 is 0 Å². The molecule has 3 fully saturated rings. The lowest BCUT2D eigenvalue weighted by Gasteiger charge is -2.18. The first-order chi connectivity index (χ1) is 7.40. The Balaban J connectivity index is 1.35. The molecule has 3 nitrogen and oxygen atoms in total. The van der Waals surface area contributed by atoms with Gasteiger partial charge in [0.1, 0.15) is 0 Å². The van der Waals surface area contributed by atoms with E-state index in [1.165, 1.54) is 12.8 Å². The Morgan fingerprint density at radius 2 is 2.00 bits per heavy atom.